The van der Waals surface area contributed by atoms with Gasteiger partial charge in [0.1, 0.15) is 5.69 Å². The minimum atomic E-state index is 0.387. The van der Waals surface area contributed by atoms with Gasteiger partial charge in [-0.1, -0.05) is 42.0 Å². The van der Waals surface area contributed by atoms with Crippen LogP contribution in [-0.2, 0) is 11.8 Å². The van der Waals surface area contributed by atoms with Crippen LogP contribution in [0.2, 0.25) is 0 Å². The smallest absolute Gasteiger partial charge is 0.230 e. The maximum Gasteiger partial charge on any atom is 0.230 e. The van der Waals surface area contributed by atoms with Crippen LogP contribution < -0.4 is 5.49 Å². The van der Waals surface area contributed by atoms with Gasteiger partial charge in [-0.25, -0.2) is 14.7 Å². The summed E-state index contributed by atoms with van der Waals surface area (Å²) < 4.78 is 3.54. The molecule has 7 heteroatoms. The molecule has 0 N–H and O–H groups in total. The maximum absolute atomic E-state index is 11.5. The molecule has 0 unspecified atom stereocenters. The summed E-state index contributed by atoms with van der Waals surface area (Å²) in [6.45, 7) is 4.34. The first-order valence-electron chi connectivity index (χ1n) is 8.63. The maximum atomic E-state index is 11.5. The van der Waals surface area contributed by atoms with Crippen molar-refractivity contribution in [2.75, 3.05) is 6.54 Å². The molecule has 0 atom stereocenters. The number of aromatic nitrogens is 4. The SMILES string of the molecule is C/C=C/CN(C=O)/N=c1/c(-n2ccnc2)c(-c2ccc(C)cc2)cnn1C. The number of imidazole rings is 1. The number of nitrogens with zero attached hydrogens (tertiary/aromatic N) is 6. The van der Waals surface area contributed by atoms with E-state index in [0.717, 1.165) is 16.8 Å². The Morgan fingerprint density at radius 3 is 2.67 bits per heavy atom. The summed E-state index contributed by atoms with van der Waals surface area (Å²) in [6, 6.07) is 8.21. The number of amides is 1. The van der Waals surface area contributed by atoms with Crippen molar-refractivity contribution in [3.05, 3.63) is 72.4 Å². The Labute approximate surface area is 157 Å². The number of carbonyl (C=O) groups is 1. The van der Waals surface area contributed by atoms with Crippen molar-refractivity contribution >= 4 is 6.41 Å². The lowest BCUT2D eigenvalue weighted by atomic mass is 10.0. The highest BCUT2D eigenvalue weighted by atomic mass is 16.1. The molecular formula is C20H22N6O. The highest BCUT2D eigenvalue weighted by molar-refractivity contribution is 5.71. The third-order valence-electron chi connectivity index (χ3n) is 4.13. The van der Waals surface area contributed by atoms with E-state index in [1.807, 2.05) is 48.9 Å². The summed E-state index contributed by atoms with van der Waals surface area (Å²) in [5, 5.41) is 10.3. The van der Waals surface area contributed by atoms with Crippen LogP contribution in [0.1, 0.15) is 12.5 Å². The fraction of sp³-hybridized carbons (Fsp3) is 0.200. The van der Waals surface area contributed by atoms with Gasteiger partial charge in [0.05, 0.1) is 19.1 Å². The molecule has 1 aromatic carbocycles. The molecule has 0 saturated carbocycles. The predicted octanol–water partition coefficient (Wildman–Crippen LogP) is 2.43. The second-order valence-corrected chi connectivity index (χ2v) is 6.09. The van der Waals surface area contributed by atoms with Crippen LogP contribution in [0, 0.1) is 6.92 Å². The molecule has 27 heavy (non-hydrogen) atoms. The molecule has 2 aromatic heterocycles. The van der Waals surface area contributed by atoms with Crippen LogP contribution in [0.15, 0.2) is 66.4 Å². The Morgan fingerprint density at radius 1 is 1.26 bits per heavy atom. The van der Waals surface area contributed by atoms with Crippen LogP contribution in [0.3, 0.4) is 0 Å². The normalized spacial score (nSPS) is 11.9. The predicted molar refractivity (Wildman–Crippen MR) is 104 cm³/mol. The molecule has 0 radical (unpaired) electrons. The standard InChI is InChI=1S/C20H22N6O/c1-4-5-11-26(15-27)23-20-19(25-12-10-21-14-25)18(13-22-24(20)3)17-8-6-16(2)7-9-17/h4-10,12-15H,11H2,1-3H3/b5-4+,23-20-. The van der Waals surface area contributed by atoms with Gasteiger partial charge in [-0.2, -0.15) is 5.10 Å². The lowest BCUT2D eigenvalue weighted by Crippen LogP contribution is -2.31. The lowest BCUT2D eigenvalue weighted by Gasteiger charge is -2.15. The fourth-order valence-electron chi connectivity index (χ4n) is 2.68. The largest absolute Gasteiger partial charge is 0.302 e. The van der Waals surface area contributed by atoms with E-state index in [9.17, 15) is 4.79 Å². The fourth-order valence-corrected chi connectivity index (χ4v) is 2.68. The zero-order valence-corrected chi connectivity index (χ0v) is 15.6. The van der Waals surface area contributed by atoms with Gasteiger partial charge in [-0.15, -0.1) is 5.10 Å². The third kappa shape index (κ3) is 4.03. The molecule has 3 rings (SSSR count). The van der Waals surface area contributed by atoms with E-state index >= 15 is 0 Å². The van der Waals surface area contributed by atoms with E-state index in [-0.39, 0.29) is 0 Å². The first-order chi connectivity index (χ1) is 13.1. The highest BCUT2D eigenvalue weighted by Gasteiger charge is 2.13. The minimum absolute atomic E-state index is 0.387. The van der Waals surface area contributed by atoms with Gasteiger partial charge in [-0.05, 0) is 19.4 Å². The molecule has 1 amide bonds. The minimum Gasteiger partial charge on any atom is -0.302 e. The van der Waals surface area contributed by atoms with Crippen molar-refractivity contribution < 1.29 is 4.79 Å². The van der Waals surface area contributed by atoms with E-state index in [2.05, 4.69) is 27.3 Å². The van der Waals surface area contributed by atoms with Gasteiger partial charge in [0.25, 0.3) is 0 Å². The average Bonchev–Trinajstić information content (AvgIpc) is 3.21. The van der Waals surface area contributed by atoms with E-state index < -0.39 is 0 Å². The summed E-state index contributed by atoms with van der Waals surface area (Å²) >= 11 is 0. The zero-order chi connectivity index (χ0) is 19.2. The van der Waals surface area contributed by atoms with Crippen LogP contribution in [-0.4, -0.2) is 37.3 Å². The Hall–Kier alpha value is -3.48. The molecule has 138 valence electrons. The summed E-state index contributed by atoms with van der Waals surface area (Å²) in [7, 11) is 1.80. The van der Waals surface area contributed by atoms with Crippen molar-refractivity contribution in [1.82, 2.24) is 24.3 Å². The van der Waals surface area contributed by atoms with Gasteiger partial charge >= 0.3 is 0 Å². The molecule has 2 heterocycles. The summed E-state index contributed by atoms with van der Waals surface area (Å²) in [4.78, 5) is 15.6. The van der Waals surface area contributed by atoms with Crippen molar-refractivity contribution in [1.29, 1.82) is 0 Å². The Kier molecular flexibility index (Phi) is 5.61. The number of hydrogen-bond donors (Lipinski definition) is 0. The first kappa shape index (κ1) is 18.3. The quantitative estimate of drug-likeness (QED) is 0.384. The van der Waals surface area contributed by atoms with Crippen molar-refractivity contribution in [2.45, 2.75) is 13.8 Å². The first-order valence-corrected chi connectivity index (χ1v) is 8.63. The summed E-state index contributed by atoms with van der Waals surface area (Å²) in [6.07, 6.45) is 11.5. The second-order valence-electron chi connectivity index (χ2n) is 6.09. The Balaban J connectivity index is 2.27. The molecule has 0 saturated heterocycles. The van der Waals surface area contributed by atoms with Gasteiger partial charge in [0.2, 0.25) is 6.41 Å². The molecule has 0 aliphatic carbocycles. The molecule has 0 aliphatic rings. The van der Waals surface area contributed by atoms with Crippen molar-refractivity contribution in [2.24, 2.45) is 12.1 Å². The molecular weight excluding hydrogens is 340 g/mol. The number of aryl methyl sites for hydroxylation is 2. The zero-order valence-electron chi connectivity index (χ0n) is 15.6. The van der Waals surface area contributed by atoms with E-state index in [0.29, 0.717) is 18.4 Å². The summed E-state index contributed by atoms with van der Waals surface area (Å²) in [5.74, 6) is 0. The van der Waals surface area contributed by atoms with Gasteiger partial charge < -0.3 is 4.57 Å². The Morgan fingerprint density at radius 2 is 2.04 bits per heavy atom. The van der Waals surface area contributed by atoms with Crippen LogP contribution in [0.4, 0.5) is 0 Å². The monoisotopic (exact) mass is 362 g/mol. The molecule has 7 nitrogen and oxygen atoms in total. The van der Waals surface area contributed by atoms with Gasteiger partial charge in [-0.3, -0.25) is 4.79 Å². The molecule has 3 aromatic rings. The molecule has 0 spiro atoms. The van der Waals surface area contributed by atoms with Crippen molar-refractivity contribution in [3.63, 3.8) is 0 Å². The van der Waals surface area contributed by atoms with Crippen LogP contribution in [0.25, 0.3) is 16.8 Å². The van der Waals surface area contributed by atoms with E-state index in [1.54, 1.807) is 30.5 Å². The topological polar surface area (TPSA) is 68.3 Å². The third-order valence-corrected chi connectivity index (χ3v) is 4.13. The second kappa shape index (κ2) is 8.27. The van der Waals surface area contributed by atoms with Crippen LogP contribution in [0.5, 0.6) is 0 Å². The number of hydrogen-bond acceptors (Lipinski definition) is 4. The number of rotatable bonds is 6. The summed E-state index contributed by atoms with van der Waals surface area (Å²) in [5.41, 5.74) is 4.46. The molecule has 0 fully saturated rings. The highest BCUT2D eigenvalue weighted by Crippen LogP contribution is 2.23. The average molecular weight is 362 g/mol. The van der Waals surface area contributed by atoms with Gasteiger partial charge in [0, 0.05) is 25.0 Å². The van der Waals surface area contributed by atoms with E-state index in [4.69, 9.17) is 0 Å². The molecule has 0 aliphatic heterocycles. The van der Waals surface area contributed by atoms with E-state index in [1.165, 1.54) is 10.6 Å². The van der Waals surface area contributed by atoms with Crippen LogP contribution >= 0.6 is 0 Å². The Bertz CT molecular complexity index is 1000. The van der Waals surface area contributed by atoms with Crippen molar-refractivity contribution in [3.8, 4) is 16.8 Å². The number of allylic oxidation sites excluding steroid dienone is 1. The number of benzene rings is 1. The van der Waals surface area contributed by atoms with Gasteiger partial charge in [0.15, 0.2) is 5.49 Å². The number of carbonyl (C=O) groups excluding carboxylic acids is 1. The lowest BCUT2D eigenvalue weighted by molar-refractivity contribution is -0.117. The molecule has 0 bridgehead atoms.